The molecule has 0 heterocycles. The molecule has 0 radical (unpaired) electrons. The third kappa shape index (κ3) is 3.65. The van der Waals surface area contributed by atoms with Crippen molar-refractivity contribution in [2.45, 2.75) is 32.0 Å². The Morgan fingerprint density at radius 1 is 1.35 bits per heavy atom. The minimum Gasteiger partial charge on any atom is -0.399 e. The van der Waals surface area contributed by atoms with Crippen LogP contribution in [0.4, 0.5) is 18.9 Å². The Balaban J connectivity index is 2.20. The molecule has 1 aromatic carbocycles. The smallest absolute Gasteiger partial charge is 0.399 e. The molecule has 20 heavy (non-hydrogen) atoms. The average molecular weight is 286 g/mol. The largest absolute Gasteiger partial charge is 0.406 e. The fourth-order valence-electron chi connectivity index (χ4n) is 2.22. The van der Waals surface area contributed by atoms with Gasteiger partial charge in [-0.05, 0) is 49.9 Å². The van der Waals surface area contributed by atoms with Crippen LogP contribution in [-0.4, -0.2) is 29.6 Å². The zero-order valence-electron chi connectivity index (χ0n) is 11.2. The Morgan fingerprint density at radius 3 is 2.35 bits per heavy atom. The highest BCUT2D eigenvalue weighted by atomic mass is 19.4. The van der Waals surface area contributed by atoms with E-state index in [-0.39, 0.29) is 11.5 Å². The van der Waals surface area contributed by atoms with Crippen molar-refractivity contribution in [2.24, 2.45) is 5.92 Å². The van der Waals surface area contributed by atoms with Gasteiger partial charge in [-0.2, -0.15) is 13.2 Å². The second-order valence-electron chi connectivity index (χ2n) is 5.25. The van der Waals surface area contributed by atoms with Gasteiger partial charge in [-0.15, -0.1) is 0 Å². The van der Waals surface area contributed by atoms with Crippen molar-refractivity contribution in [3.63, 3.8) is 0 Å². The first kappa shape index (κ1) is 14.7. The van der Waals surface area contributed by atoms with Crippen LogP contribution in [-0.2, 0) is 0 Å². The maximum Gasteiger partial charge on any atom is 0.406 e. The molecule has 1 aliphatic carbocycles. The van der Waals surface area contributed by atoms with Crippen LogP contribution >= 0.6 is 0 Å². The quantitative estimate of drug-likeness (QED) is 0.865. The van der Waals surface area contributed by atoms with E-state index in [2.05, 4.69) is 0 Å². The number of carbonyl (C=O) groups is 1. The third-order valence-corrected chi connectivity index (χ3v) is 3.56. The van der Waals surface area contributed by atoms with Gasteiger partial charge in [0, 0.05) is 17.3 Å². The number of nitrogens with zero attached hydrogens (tertiary/aromatic N) is 1. The molecule has 1 aliphatic rings. The highest BCUT2D eigenvalue weighted by Gasteiger charge is 2.40. The van der Waals surface area contributed by atoms with Gasteiger partial charge in [0.1, 0.15) is 6.54 Å². The number of hydrogen-bond acceptors (Lipinski definition) is 2. The standard InChI is InChI=1S/C14H17F3N2O/c1-9(10-2-3-10)19(8-14(15,16)17)13(20)11-4-6-12(18)7-5-11/h4-7,9-10H,2-3,8,18H2,1H3. The minimum absolute atomic E-state index is 0.176. The van der Waals surface area contributed by atoms with Gasteiger partial charge in [-0.25, -0.2) is 0 Å². The topological polar surface area (TPSA) is 46.3 Å². The van der Waals surface area contributed by atoms with Crippen molar-refractivity contribution in [3.8, 4) is 0 Å². The van der Waals surface area contributed by atoms with Crippen LogP contribution in [0.1, 0.15) is 30.1 Å². The first-order chi connectivity index (χ1) is 9.28. The zero-order chi connectivity index (χ0) is 14.9. The summed E-state index contributed by atoms with van der Waals surface area (Å²) in [5.74, 6) is -0.420. The molecule has 0 bridgehead atoms. The Bertz CT molecular complexity index is 480. The predicted octanol–water partition coefficient (Wildman–Crippen LogP) is 3.07. The third-order valence-electron chi connectivity index (χ3n) is 3.56. The lowest BCUT2D eigenvalue weighted by Crippen LogP contribution is -2.45. The fraction of sp³-hybridized carbons (Fsp3) is 0.500. The van der Waals surface area contributed by atoms with E-state index in [1.165, 1.54) is 24.3 Å². The van der Waals surface area contributed by atoms with Crippen molar-refractivity contribution in [1.82, 2.24) is 4.90 Å². The minimum atomic E-state index is -4.40. The molecule has 1 saturated carbocycles. The maximum atomic E-state index is 12.7. The molecule has 1 unspecified atom stereocenters. The van der Waals surface area contributed by atoms with E-state index < -0.39 is 24.7 Å². The van der Waals surface area contributed by atoms with Crippen LogP contribution in [0.2, 0.25) is 0 Å². The molecule has 2 rings (SSSR count). The van der Waals surface area contributed by atoms with Crippen molar-refractivity contribution in [1.29, 1.82) is 0 Å². The van der Waals surface area contributed by atoms with Gasteiger partial charge < -0.3 is 10.6 Å². The van der Waals surface area contributed by atoms with Gasteiger partial charge in [0.25, 0.3) is 5.91 Å². The molecule has 1 atom stereocenters. The number of hydrogen-bond donors (Lipinski definition) is 1. The van der Waals surface area contributed by atoms with Gasteiger partial charge in [-0.1, -0.05) is 0 Å². The molecule has 0 saturated heterocycles. The predicted molar refractivity (Wildman–Crippen MR) is 70.1 cm³/mol. The molecule has 3 nitrogen and oxygen atoms in total. The van der Waals surface area contributed by atoms with Crippen LogP contribution in [0.3, 0.4) is 0 Å². The van der Waals surface area contributed by atoms with Crippen LogP contribution < -0.4 is 5.73 Å². The number of anilines is 1. The lowest BCUT2D eigenvalue weighted by atomic mass is 10.1. The van der Waals surface area contributed by atoms with E-state index >= 15 is 0 Å². The molecule has 0 spiro atoms. The van der Waals surface area contributed by atoms with E-state index in [1.807, 2.05) is 0 Å². The van der Waals surface area contributed by atoms with Gasteiger partial charge in [0.2, 0.25) is 0 Å². The van der Waals surface area contributed by atoms with Crippen LogP contribution in [0.5, 0.6) is 0 Å². The van der Waals surface area contributed by atoms with E-state index in [1.54, 1.807) is 6.92 Å². The summed E-state index contributed by atoms with van der Waals surface area (Å²) >= 11 is 0. The van der Waals surface area contributed by atoms with Crippen molar-refractivity contribution in [2.75, 3.05) is 12.3 Å². The van der Waals surface area contributed by atoms with E-state index in [4.69, 9.17) is 5.73 Å². The highest BCUT2D eigenvalue weighted by molar-refractivity contribution is 5.94. The Morgan fingerprint density at radius 2 is 1.90 bits per heavy atom. The number of alkyl halides is 3. The lowest BCUT2D eigenvalue weighted by molar-refractivity contribution is -0.144. The molecular formula is C14H17F3N2O. The average Bonchev–Trinajstić information content (AvgIpc) is 3.18. The molecular weight excluding hydrogens is 269 g/mol. The first-order valence-electron chi connectivity index (χ1n) is 6.51. The summed E-state index contributed by atoms with van der Waals surface area (Å²) in [6.45, 7) is 0.465. The summed E-state index contributed by atoms with van der Waals surface area (Å²) in [5, 5.41) is 0. The first-order valence-corrected chi connectivity index (χ1v) is 6.51. The summed E-state index contributed by atoms with van der Waals surface area (Å²) in [5.41, 5.74) is 6.22. The lowest BCUT2D eigenvalue weighted by Gasteiger charge is -2.30. The summed E-state index contributed by atoms with van der Waals surface area (Å²) < 4.78 is 38.0. The van der Waals surface area contributed by atoms with Gasteiger partial charge >= 0.3 is 6.18 Å². The molecule has 6 heteroatoms. The van der Waals surface area contributed by atoms with Crippen LogP contribution in [0, 0.1) is 5.92 Å². The summed E-state index contributed by atoms with van der Waals surface area (Å²) in [4.78, 5) is 13.2. The monoisotopic (exact) mass is 286 g/mol. The molecule has 110 valence electrons. The SMILES string of the molecule is CC(C1CC1)N(CC(F)(F)F)C(=O)c1ccc(N)cc1. The summed E-state index contributed by atoms with van der Waals surface area (Å²) in [7, 11) is 0. The van der Waals surface area contributed by atoms with Gasteiger partial charge in [0.05, 0.1) is 0 Å². The summed E-state index contributed by atoms with van der Waals surface area (Å²) in [6, 6.07) is 5.55. The molecule has 0 aliphatic heterocycles. The second-order valence-corrected chi connectivity index (χ2v) is 5.25. The number of rotatable bonds is 4. The second kappa shape index (κ2) is 5.34. The molecule has 1 fully saturated rings. The van der Waals surface area contributed by atoms with E-state index in [0.717, 1.165) is 17.7 Å². The number of nitrogen functional groups attached to an aromatic ring is 1. The van der Waals surface area contributed by atoms with Crippen molar-refractivity contribution in [3.05, 3.63) is 29.8 Å². The number of halogens is 3. The van der Waals surface area contributed by atoms with Gasteiger partial charge in [0.15, 0.2) is 0 Å². The Hall–Kier alpha value is -1.72. The number of carbonyl (C=O) groups excluding carboxylic acids is 1. The normalized spacial score (nSPS) is 16.8. The number of benzene rings is 1. The van der Waals surface area contributed by atoms with Crippen LogP contribution in [0.25, 0.3) is 0 Å². The molecule has 1 amide bonds. The highest BCUT2D eigenvalue weighted by Crippen LogP contribution is 2.36. The number of amides is 1. The van der Waals surface area contributed by atoms with Crippen LogP contribution in [0.15, 0.2) is 24.3 Å². The Kier molecular flexibility index (Phi) is 3.92. The molecule has 0 aromatic heterocycles. The fourth-order valence-corrected chi connectivity index (χ4v) is 2.22. The zero-order valence-corrected chi connectivity index (χ0v) is 11.2. The Labute approximate surface area is 115 Å². The van der Waals surface area contributed by atoms with E-state index in [9.17, 15) is 18.0 Å². The summed E-state index contributed by atoms with van der Waals surface area (Å²) in [6.07, 6.45) is -2.64. The van der Waals surface area contributed by atoms with E-state index in [0.29, 0.717) is 5.69 Å². The van der Waals surface area contributed by atoms with Gasteiger partial charge in [-0.3, -0.25) is 4.79 Å². The van der Waals surface area contributed by atoms with Crippen molar-refractivity contribution < 1.29 is 18.0 Å². The molecule has 1 aromatic rings. The van der Waals surface area contributed by atoms with Crippen molar-refractivity contribution >= 4 is 11.6 Å². The molecule has 2 N–H and O–H groups in total. The number of nitrogens with two attached hydrogens (primary N) is 1. The maximum absolute atomic E-state index is 12.7.